The monoisotopic (exact) mass is 354 g/mol. The van der Waals surface area contributed by atoms with E-state index in [9.17, 15) is 9.59 Å². The summed E-state index contributed by atoms with van der Waals surface area (Å²) in [5.41, 5.74) is 6.74. The number of fused-ring (bicyclic) bond motifs is 1. The van der Waals surface area contributed by atoms with Crippen molar-refractivity contribution >= 4 is 29.0 Å². The number of nitrogens with one attached hydrogen (secondary N) is 1. The molecular formula is C18H18N4O4. The lowest BCUT2D eigenvalue weighted by molar-refractivity contribution is -0.129. The van der Waals surface area contributed by atoms with E-state index in [0.717, 1.165) is 0 Å². The Morgan fingerprint density at radius 1 is 1.19 bits per heavy atom. The number of benzene rings is 1. The predicted molar refractivity (Wildman–Crippen MR) is 95.2 cm³/mol. The molecule has 2 aliphatic heterocycles. The number of nitrogen functional groups attached to an aromatic ring is 1. The fraction of sp³-hybridized carbons (Fsp3) is 0.278. The van der Waals surface area contributed by atoms with Crippen molar-refractivity contribution in [2.75, 3.05) is 35.7 Å². The van der Waals surface area contributed by atoms with Gasteiger partial charge >= 0.3 is 0 Å². The number of hydrogen-bond acceptors (Lipinski definition) is 6. The number of nitrogens with two attached hydrogens (primary N) is 1. The number of hydrogen-bond donors (Lipinski definition) is 2. The number of carbonyl (C=O) groups is 2. The van der Waals surface area contributed by atoms with Crippen LogP contribution in [0.25, 0.3) is 0 Å². The van der Waals surface area contributed by atoms with Gasteiger partial charge in [-0.3, -0.25) is 9.59 Å². The number of pyridine rings is 1. The first kappa shape index (κ1) is 16.2. The van der Waals surface area contributed by atoms with E-state index in [1.54, 1.807) is 35.2 Å². The Labute approximate surface area is 149 Å². The Hall–Kier alpha value is -3.29. The van der Waals surface area contributed by atoms with Crippen LogP contribution < -0.4 is 25.4 Å². The van der Waals surface area contributed by atoms with Gasteiger partial charge in [0.15, 0.2) is 11.5 Å². The number of amides is 2. The average Bonchev–Trinajstić information content (AvgIpc) is 3.05. The van der Waals surface area contributed by atoms with Crippen LogP contribution in [0.15, 0.2) is 36.5 Å². The van der Waals surface area contributed by atoms with Gasteiger partial charge in [-0.25, -0.2) is 4.98 Å². The van der Waals surface area contributed by atoms with Crippen molar-refractivity contribution < 1.29 is 19.1 Å². The molecule has 1 unspecified atom stereocenters. The summed E-state index contributed by atoms with van der Waals surface area (Å²) in [6.45, 7) is 1.46. The van der Waals surface area contributed by atoms with Gasteiger partial charge in [-0.05, 0) is 30.7 Å². The average molecular weight is 354 g/mol. The van der Waals surface area contributed by atoms with Crippen LogP contribution in [0.2, 0.25) is 0 Å². The summed E-state index contributed by atoms with van der Waals surface area (Å²) in [6, 6.07) is 8.60. The van der Waals surface area contributed by atoms with Gasteiger partial charge in [0.05, 0.1) is 11.9 Å². The van der Waals surface area contributed by atoms with E-state index < -0.39 is 5.92 Å². The molecule has 8 heteroatoms. The summed E-state index contributed by atoms with van der Waals surface area (Å²) in [5.74, 6) is 0.328. The molecule has 2 aromatic rings. The maximum atomic E-state index is 12.7. The highest BCUT2D eigenvalue weighted by Crippen LogP contribution is 2.36. The maximum absolute atomic E-state index is 12.7. The molecule has 0 bridgehead atoms. The highest BCUT2D eigenvalue weighted by atomic mass is 16.6. The van der Waals surface area contributed by atoms with Gasteiger partial charge in [0, 0.05) is 18.3 Å². The van der Waals surface area contributed by atoms with Crippen LogP contribution in [0.4, 0.5) is 17.2 Å². The first-order chi connectivity index (χ1) is 12.6. The molecule has 0 spiro atoms. The largest absolute Gasteiger partial charge is 0.486 e. The summed E-state index contributed by atoms with van der Waals surface area (Å²) >= 11 is 0. The first-order valence-corrected chi connectivity index (χ1v) is 8.35. The van der Waals surface area contributed by atoms with Crippen LogP contribution in [-0.4, -0.2) is 36.6 Å². The molecule has 3 heterocycles. The molecule has 0 radical (unpaired) electrons. The summed E-state index contributed by atoms with van der Waals surface area (Å²) in [4.78, 5) is 30.7. The second kappa shape index (κ2) is 6.55. The number of rotatable bonds is 3. The van der Waals surface area contributed by atoms with Crippen molar-refractivity contribution in [1.82, 2.24) is 4.98 Å². The Bertz CT molecular complexity index is 853. The minimum absolute atomic E-state index is 0.234. The second-order valence-corrected chi connectivity index (χ2v) is 6.12. The first-order valence-electron chi connectivity index (χ1n) is 8.35. The van der Waals surface area contributed by atoms with Crippen LogP contribution in [0.3, 0.4) is 0 Å². The summed E-state index contributed by atoms with van der Waals surface area (Å²) < 4.78 is 11.1. The van der Waals surface area contributed by atoms with E-state index in [-0.39, 0.29) is 11.8 Å². The fourth-order valence-electron chi connectivity index (χ4n) is 3.09. The van der Waals surface area contributed by atoms with E-state index in [1.165, 1.54) is 6.20 Å². The number of carbonyl (C=O) groups excluding carboxylic acids is 2. The summed E-state index contributed by atoms with van der Waals surface area (Å²) in [6.07, 6.45) is 1.91. The van der Waals surface area contributed by atoms with Gasteiger partial charge in [-0.2, -0.15) is 0 Å². The molecule has 1 fully saturated rings. The highest BCUT2D eigenvalue weighted by Gasteiger charge is 2.38. The van der Waals surface area contributed by atoms with Crippen LogP contribution in [-0.2, 0) is 9.59 Å². The molecule has 1 aromatic carbocycles. The topological polar surface area (TPSA) is 107 Å². The molecule has 1 aromatic heterocycles. The van der Waals surface area contributed by atoms with Crippen LogP contribution in [0.1, 0.15) is 6.42 Å². The highest BCUT2D eigenvalue weighted by molar-refractivity contribution is 6.13. The van der Waals surface area contributed by atoms with Gasteiger partial charge in [-0.15, -0.1) is 0 Å². The third kappa shape index (κ3) is 3.01. The number of anilines is 3. The Morgan fingerprint density at radius 2 is 2.00 bits per heavy atom. The zero-order valence-electron chi connectivity index (χ0n) is 14.0. The smallest absolute Gasteiger partial charge is 0.239 e. The lowest BCUT2D eigenvalue weighted by Gasteiger charge is -2.22. The number of ether oxygens (including phenoxy) is 2. The molecular weight excluding hydrogens is 336 g/mol. The lowest BCUT2D eigenvalue weighted by atomic mass is 10.1. The van der Waals surface area contributed by atoms with Crippen molar-refractivity contribution in [3.63, 3.8) is 0 Å². The predicted octanol–water partition coefficient (Wildman–Crippen LogP) is 1.43. The molecule has 1 saturated heterocycles. The van der Waals surface area contributed by atoms with Crippen molar-refractivity contribution in [1.29, 1.82) is 0 Å². The van der Waals surface area contributed by atoms with Gasteiger partial charge in [0.1, 0.15) is 24.9 Å². The van der Waals surface area contributed by atoms with Crippen LogP contribution >= 0.6 is 0 Å². The maximum Gasteiger partial charge on any atom is 0.239 e. The normalized spacial score (nSPS) is 18.7. The van der Waals surface area contributed by atoms with Gasteiger partial charge in [-0.1, -0.05) is 0 Å². The second-order valence-electron chi connectivity index (χ2n) is 6.12. The molecule has 1 atom stereocenters. The zero-order valence-corrected chi connectivity index (χ0v) is 14.0. The molecule has 26 heavy (non-hydrogen) atoms. The van der Waals surface area contributed by atoms with Crippen LogP contribution in [0.5, 0.6) is 11.5 Å². The van der Waals surface area contributed by atoms with Crippen LogP contribution in [0, 0.1) is 5.92 Å². The molecule has 8 nitrogen and oxygen atoms in total. The zero-order chi connectivity index (χ0) is 18.1. The number of aromatic nitrogens is 1. The molecule has 2 aliphatic rings. The third-order valence-electron chi connectivity index (χ3n) is 4.41. The van der Waals surface area contributed by atoms with E-state index in [4.69, 9.17) is 15.2 Å². The van der Waals surface area contributed by atoms with Gasteiger partial charge in [0.25, 0.3) is 0 Å². The van der Waals surface area contributed by atoms with E-state index in [1.807, 2.05) is 0 Å². The lowest BCUT2D eigenvalue weighted by Crippen LogP contribution is -2.33. The SMILES string of the molecule is Nc1ccc(NC(=O)C2CCN(c3ccc4c(c3)OCCO4)C2=O)cn1. The van der Waals surface area contributed by atoms with E-state index in [0.29, 0.717) is 54.9 Å². The van der Waals surface area contributed by atoms with E-state index in [2.05, 4.69) is 10.3 Å². The summed E-state index contributed by atoms with van der Waals surface area (Å²) in [5, 5.41) is 2.71. The number of nitrogens with zero attached hydrogens (tertiary/aromatic N) is 2. The Balaban J connectivity index is 1.47. The molecule has 134 valence electrons. The Kier molecular flexibility index (Phi) is 4.08. The van der Waals surface area contributed by atoms with Gasteiger partial charge < -0.3 is 25.4 Å². The molecule has 0 aliphatic carbocycles. The molecule has 2 amide bonds. The molecule has 0 saturated carbocycles. The van der Waals surface area contributed by atoms with Gasteiger partial charge in [0.2, 0.25) is 11.8 Å². The third-order valence-corrected chi connectivity index (χ3v) is 4.41. The molecule has 3 N–H and O–H groups in total. The van der Waals surface area contributed by atoms with Crippen molar-refractivity contribution in [3.8, 4) is 11.5 Å². The minimum Gasteiger partial charge on any atom is -0.486 e. The van der Waals surface area contributed by atoms with Crippen molar-refractivity contribution in [3.05, 3.63) is 36.5 Å². The Morgan fingerprint density at radius 3 is 2.77 bits per heavy atom. The van der Waals surface area contributed by atoms with E-state index >= 15 is 0 Å². The van der Waals surface area contributed by atoms with Crippen molar-refractivity contribution in [2.45, 2.75) is 6.42 Å². The van der Waals surface area contributed by atoms with Crippen molar-refractivity contribution in [2.24, 2.45) is 5.92 Å². The quantitative estimate of drug-likeness (QED) is 0.808. The standard InChI is InChI=1S/C18H18N4O4/c19-16-4-1-11(10-20-16)21-17(23)13-5-6-22(18(13)24)12-2-3-14-15(9-12)26-8-7-25-14/h1-4,9-10,13H,5-8H2,(H2,19,20)(H,21,23). The fourth-order valence-corrected chi connectivity index (χ4v) is 3.09. The molecule has 4 rings (SSSR count). The minimum atomic E-state index is -0.735. The summed E-state index contributed by atoms with van der Waals surface area (Å²) in [7, 11) is 0.